The normalized spacial score (nSPS) is 11.5. The van der Waals surface area contributed by atoms with Crippen LogP contribution in [-0.4, -0.2) is 26.7 Å². The largest absolute Gasteiger partial charge is 0.295 e. The van der Waals surface area contributed by atoms with Gasteiger partial charge in [0, 0.05) is 45.2 Å². The van der Waals surface area contributed by atoms with Gasteiger partial charge in [0.1, 0.15) is 16.5 Å². The van der Waals surface area contributed by atoms with E-state index in [2.05, 4.69) is 36.8 Å². The van der Waals surface area contributed by atoms with Gasteiger partial charge in [0.2, 0.25) is 0 Å². The maximum atomic E-state index is 14.3. The van der Waals surface area contributed by atoms with Crippen molar-refractivity contribution in [3.05, 3.63) is 74.2 Å². The van der Waals surface area contributed by atoms with E-state index in [9.17, 15) is 4.39 Å². The van der Waals surface area contributed by atoms with Gasteiger partial charge in [-0.25, -0.2) is 14.1 Å². The Morgan fingerprint density at radius 2 is 2.00 bits per heavy atom. The summed E-state index contributed by atoms with van der Waals surface area (Å²) in [5, 5.41) is 7.84. The van der Waals surface area contributed by atoms with Crippen molar-refractivity contribution in [2.75, 3.05) is 7.05 Å². The Hall–Kier alpha value is -2.35. The molecule has 0 radical (unpaired) electrons. The van der Waals surface area contributed by atoms with Crippen molar-refractivity contribution in [2.45, 2.75) is 26.9 Å². The zero-order valence-corrected chi connectivity index (χ0v) is 17.6. The van der Waals surface area contributed by atoms with Gasteiger partial charge in [0.15, 0.2) is 0 Å². The first kappa shape index (κ1) is 19.0. The molecular formula is C21H21FN4S2. The summed E-state index contributed by atoms with van der Waals surface area (Å²) in [6, 6.07) is 8.90. The van der Waals surface area contributed by atoms with Crippen molar-refractivity contribution in [2.24, 2.45) is 0 Å². The number of aromatic nitrogens is 3. The standard InChI is InChI=1S/C21H21FN4S2/c1-14-10-17(15(2)28-14)21-16(11-25(3)13-20-23-8-9-27-20)12-26(24-21)19-7-5-4-6-18(19)22/h4-10,12H,11,13H2,1-3H3. The van der Waals surface area contributed by atoms with E-state index in [0.717, 1.165) is 28.4 Å². The molecule has 0 saturated heterocycles. The lowest BCUT2D eigenvalue weighted by Gasteiger charge is -2.14. The summed E-state index contributed by atoms with van der Waals surface area (Å²) in [5.41, 5.74) is 3.57. The summed E-state index contributed by atoms with van der Waals surface area (Å²) in [4.78, 5) is 9.04. The molecule has 4 nitrogen and oxygen atoms in total. The third-order valence-electron chi connectivity index (χ3n) is 4.51. The molecule has 0 aliphatic carbocycles. The number of benzene rings is 1. The van der Waals surface area contributed by atoms with E-state index >= 15 is 0 Å². The van der Waals surface area contributed by atoms with E-state index in [0.29, 0.717) is 12.2 Å². The average molecular weight is 413 g/mol. The number of hydrogen-bond donors (Lipinski definition) is 0. The van der Waals surface area contributed by atoms with Crippen LogP contribution >= 0.6 is 22.7 Å². The highest BCUT2D eigenvalue weighted by Crippen LogP contribution is 2.33. The van der Waals surface area contributed by atoms with Gasteiger partial charge in [-0.05, 0) is 39.1 Å². The Balaban J connectivity index is 1.72. The van der Waals surface area contributed by atoms with Gasteiger partial charge in [-0.15, -0.1) is 22.7 Å². The molecule has 3 aromatic heterocycles. The fourth-order valence-electron chi connectivity index (χ4n) is 3.29. The molecule has 0 saturated carbocycles. The highest BCUT2D eigenvalue weighted by Gasteiger charge is 2.18. The van der Waals surface area contributed by atoms with E-state index < -0.39 is 0 Å². The number of para-hydroxylation sites is 1. The predicted octanol–water partition coefficient (Wildman–Crippen LogP) is 5.45. The number of rotatable bonds is 6. The Morgan fingerprint density at radius 3 is 2.68 bits per heavy atom. The molecular weight excluding hydrogens is 391 g/mol. The molecule has 144 valence electrons. The zero-order valence-electron chi connectivity index (χ0n) is 16.0. The molecule has 0 atom stereocenters. The van der Waals surface area contributed by atoms with Crippen molar-refractivity contribution in [1.29, 1.82) is 0 Å². The zero-order chi connectivity index (χ0) is 19.7. The first-order chi connectivity index (χ1) is 13.5. The SMILES string of the molecule is Cc1cc(-c2nn(-c3ccccc3F)cc2CN(C)Cc2nccs2)c(C)s1. The summed E-state index contributed by atoms with van der Waals surface area (Å²) < 4.78 is 16.0. The summed E-state index contributed by atoms with van der Waals surface area (Å²) in [5.74, 6) is -0.280. The fourth-order valence-corrected chi connectivity index (χ4v) is 4.91. The van der Waals surface area contributed by atoms with Crippen molar-refractivity contribution in [3.8, 4) is 16.9 Å². The fraction of sp³-hybridized carbons (Fsp3) is 0.238. The minimum atomic E-state index is -0.280. The lowest BCUT2D eigenvalue weighted by molar-refractivity contribution is 0.319. The maximum Gasteiger partial charge on any atom is 0.148 e. The summed E-state index contributed by atoms with van der Waals surface area (Å²) >= 11 is 3.41. The molecule has 7 heteroatoms. The van der Waals surface area contributed by atoms with Crippen LogP contribution in [0.4, 0.5) is 4.39 Å². The highest BCUT2D eigenvalue weighted by atomic mass is 32.1. The van der Waals surface area contributed by atoms with E-state index in [4.69, 9.17) is 5.10 Å². The van der Waals surface area contributed by atoms with Crippen LogP contribution in [0.3, 0.4) is 0 Å². The predicted molar refractivity (Wildman–Crippen MR) is 114 cm³/mol. The topological polar surface area (TPSA) is 34.0 Å². The molecule has 0 aliphatic heterocycles. The van der Waals surface area contributed by atoms with Gasteiger partial charge in [-0.2, -0.15) is 5.10 Å². The van der Waals surface area contributed by atoms with Crippen molar-refractivity contribution >= 4 is 22.7 Å². The summed E-state index contributed by atoms with van der Waals surface area (Å²) in [6.07, 6.45) is 3.77. The number of halogens is 1. The van der Waals surface area contributed by atoms with Crippen LogP contribution in [0.15, 0.2) is 48.1 Å². The van der Waals surface area contributed by atoms with Crippen LogP contribution in [-0.2, 0) is 13.1 Å². The maximum absolute atomic E-state index is 14.3. The minimum Gasteiger partial charge on any atom is -0.295 e. The molecule has 4 rings (SSSR count). The number of aryl methyl sites for hydroxylation is 2. The van der Waals surface area contributed by atoms with Crippen LogP contribution < -0.4 is 0 Å². The first-order valence-corrected chi connectivity index (χ1v) is 10.7. The average Bonchev–Trinajstić information content (AvgIpc) is 3.36. The molecule has 0 unspecified atom stereocenters. The molecule has 3 heterocycles. The second-order valence-electron chi connectivity index (χ2n) is 6.82. The molecule has 0 amide bonds. The Labute approximate surface area is 171 Å². The molecule has 4 aromatic rings. The van der Waals surface area contributed by atoms with Crippen LogP contribution in [0.5, 0.6) is 0 Å². The Bertz CT molecular complexity index is 1080. The molecule has 0 bridgehead atoms. The lowest BCUT2D eigenvalue weighted by atomic mass is 10.1. The monoisotopic (exact) mass is 412 g/mol. The molecule has 0 fully saturated rings. The Kier molecular flexibility index (Phi) is 5.39. The number of thiazole rings is 1. The Morgan fingerprint density at radius 1 is 1.18 bits per heavy atom. The van der Waals surface area contributed by atoms with Gasteiger partial charge < -0.3 is 0 Å². The molecule has 0 spiro atoms. The van der Waals surface area contributed by atoms with E-state index in [1.165, 1.54) is 15.8 Å². The van der Waals surface area contributed by atoms with Gasteiger partial charge >= 0.3 is 0 Å². The highest BCUT2D eigenvalue weighted by molar-refractivity contribution is 7.12. The second-order valence-corrected chi connectivity index (χ2v) is 9.26. The number of nitrogens with zero attached hydrogens (tertiary/aromatic N) is 4. The lowest BCUT2D eigenvalue weighted by Crippen LogP contribution is -2.17. The van der Waals surface area contributed by atoms with Crippen LogP contribution in [0.2, 0.25) is 0 Å². The molecule has 28 heavy (non-hydrogen) atoms. The van der Waals surface area contributed by atoms with E-state index in [-0.39, 0.29) is 5.82 Å². The number of hydrogen-bond acceptors (Lipinski definition) is 5. The molecule has 1 aromatic carbocycles. The van der Waals surface area contributed by atoms with Gasteiger partial charge in [0.05, 0.1) is 12.2 Å². The van der Waals surface area contributed by atoms with E-state index in [1.807, 2.05) is 23.8 Å². The van der Waals surface area contributed by atoms with Crippen molar-refractivity contribution in [1.82, 2.24) is 19.7 Å². The second kappa shape index (κ2) is 7.95. The van der Waals surface area contributed by atoms with Crippen LogP contribution in [0.25, 0.3) is 16.9 Å². The number of thiophene rings is 1. The quantitative estimate of drug-likeness (QED) is 0.423. The third kappa shape index (κ3) is 3.92. The summed E-state index contributed by atoms with van der Waals surface area (Å²) in [6.45, 7) is 5.68. The van der Waals surface area contributed by atoms with Gasteiger partial charge in [-0.3, -0.25) is 4.90 Å². The van der Waals surface area contributed by atoms with E-state index in [1.54, 1.807) is 39.5 Å². The third-order valence-corrected chi connectivity index (χ3v) is 6.24. The minimum absolute atomic E-state index is 0.280. The molecule has 0 N–H and O–H groups in total. The first-order valence-electron chi connectivity index (χ1n) is 8.99. The van der Waals surface area contributed by atoms with Crippen LogP contribution in [0, 0.1) is 19.7 Å². The van der Waals surface area contributed by atoms with Crippen LogP contribution in [0.1, 0.15) is 20.3 Å². The van der Waals surface area contributed by atoms with Crippen molar-refractivity contribution < 1.29 is 4.39 Å². The smallest absolute Gasteiger partial charge is 0.148 e. The summed E-state index contributed by atoms with van der Waals surface area (Å²) in [7, 11) is 2.07. The van der Waals surface area contributed by atoms with Crippen molar-refractivity contribution in [3.63, 3.8) is 0 Å². The van der Waals surface area contributed by atoms with Gasteiger partial charge in [0.25, 0.3) is 0 Å². The van der Waals surface area contributed by atoms with Gasteiger partial charge in [-0.1, -0.05) is 12.1 Å². The molecule has 0 aliphatic rings.